The van der Waals surface area contributed by atoms with E-state index in [-0.39, 0.29) is 4.90 Å². The van der Waals surface area contributed by atoms with Crippen molar-refractivity contribution in [3.05, 3.63) is 29.8 Å². The summed E-state index contributed by atoms with van der Waals surface area (Å²) >= 11 is 0. The highest BCUT2D eigenvalue weighted by Gasteiger charge is 2.32. The molecule has 90 valence electrons. The maximum Gasteiger partial charge on any atom is 0.195 e. The zero-order valence-corrected chi connectivity index (χ0v) is 11.0. The van der Waals surface area contributed by atoms with E-state index in [2.05, 4.69) is 0 Å². The van der Waals surface area contributed by atoms with Gasteiger partial charge in [-0.25, -0.2) is 16.8 Å². The highest BCUT2D eigenvalue weighted by molar-refractivity contribution is 8.08. The second-order valence-corrected chi connectivity index (χ2v) is 8.61. The highest BCUT2D eigenvalue weighted by atomic mass is 32.3. The van der Waals surface area contributed by atoms with Gasteiger partial charge >= 0.3 is 0 Å². The molecule has 0 aromatic heterocycles. The van der Waals surface area contributed by atoms with E-state index in [1.54, 1.807) is 25.1 Å². The SMILES string of the molecule is Cc1ccccc1S(=O)(=O)C(C)S(C)(=O)=O. The van der Waals surface area contributed by atoms with E-state index in [0.717, 1.165) is 6.26 Å². The third-order valence-corrected chi connectivity index (χ3v) is 7.40. The molecule has 0 saturated carbocycles. The second-order valence-electron chi connectivity index (χ2n) is 3.71. The van der Waals surface area contributed by atoms with Crippen molar-refractivity contribution in [3.8, 4) is 0 Å². The molecule has 0 aliphatic carbocycles. The van der Waals surface area contributed by atoms with Gasteiger partial charge in [0, 0.05) is 6.26 Å². The maximum atomic E-state index is 12.0. The summed E-state index contributed by atoms with van der Waals surface area (Å²) < 4.78 is 45.2. The molecule has 4 nitrogen and oxygen atoms in total. The van der Waals surface area contributed by atoms with Crippen molar-refractivity contribution < 1.29 is 16.8 Å². The van der Waals surface area contributed by atoms with Crippen molar-refractivity contribution >= 4 is 19.7 Å². The fourth-order valence-corrected chi connectivity index (χ4v) is 4.58. The van der Waals surface area contributed by atoms with Gasteiger partial charge in [0.05, 0.1) is 4.90 Å². The van der Waals surface area contributed by atoms with E-state index in [4.69, 9.17) is 0 Å². The first-order chi connectivity index (χ1) is 7.17. The Balaban J connectivity index is 3.40. The first-order valence-corrected chi connectivity index (χ1v) is 8.16. The minimum Gasteiger partial charge on any atom is -0.228 e. The Labute approximate surface area is 96.1 Å². The van der Waals surface area contributed by atoms with E-state index in [1.165, 1.54) is 13.0 Å². The maximum absolute atomic E-state index is 12.0. The molecule has 6 heteroatoms. The first kappa shape index (κ1) is 13.2. The fourth-order valence-electron chi connectivity index (χ4n) is 1.28. The highest BCUT2D eigenvalue weighted by Crippen LogP contribution is 2.22. The van der Waals surface area contributed by atoms with Crippen LogP contribution in [0.4, 0.5) is 0 Å². The molecule has 0 aliphatic heterocycles. The van der Waals surface area contributed by atoms with Crippen molar-refractivity contribution in [3.63, 3.8) is 0 Å². The number of hydrogen-bond donors (Lipinski definition) is 0. The van der Waals surface area contributed by atoms with Crippen LogP contribution < -0.4 is 0 Å². The van der Waals surface area contributed by atoms with Gasteiger partial charge in [-0.3, -0.25) is 0 Å². The summed E-state index contributed by atoms with van der Waals surface area (Å²) in [6.07, 6.45) is 0.924. The summed E-state index contributed by atoms with van der Waals surface area (Å²) in [4.78, 5) is 0.0768. The average molecular weight is 262 g/mol. The number of sulfone groups is 2. The average Bonchev–Trinajstić information content (AvgIpc) is 2.15. The van der Waals surface area contributed by atoms with E-state index in [9.17, 15) is 16.8 Å². The predicted octanol–water partition coefficient (Wildman–Crippen LogP) is 1.16. The van der Waals surface area contributed by atoms with Gasteiger partial charge < -0.3 is 0 Å². The molecule has 1 aromatic carbocycles. The molecule has 1 unspecified atom stereocenters. The smallest absolute Gasteiger partial charge is 0.195 e. The minimum atomic E-state index is -3.82. The molecule has 16 heavy (non-hydrogen) atoms. The fraction of sp³-hybridized carbons (Fsp3) is 0.400. The third kappa shape index (κ3) is 2.44. The van der Waals surface area contributed by atoms with Crippen molar-refractivity contribution in [2.75, 3.05) is 6.26 Å². The Morgan fingerprint density at radius 3 is 2.00 bits per heavy atom. The van der Waals surface area contributed by atoms with Crippen molar-refractivity contribution in [1.29, 1.82) is 0 Å². The first-order valence-electron chi connectivity index (χ1n) is 4.66. The Morgan fingerprint density at radius 1 is 1.06 bits per heavy atom. The lowest BCUT2D eigenvalue weighted by Gasteiger charge is -2.12. The Kier molecular flexibility index (Phi) is 3.44. The zero-order chi connectivity index (χ0) is 12.6. The summed E-state index contributed by atoms with van der Waals surface area (Å²) in [7, 11) is -7.43. The molecule has 0 fully saturated rings. The molecule has 1 atom stereocenters. The molecule has 0 heterocycles. The number of rotatable bonds is 3. The molecule has 1 rings (SSSR count). The van der Waals surface area contributed by atoms with Crippen LogP contribution in [0.25, 0.3) is 0 Å². The van der Waals surface area contributed by atoms with E-state index in [1.807, 2.05) is 0 Å². The van der Waals surface area contributed by atoms with Crippen LogP contribution in [0.15, 0.2) is 29.2 Å². The Bertz CT molecular complexity index is 585. The van der Waals surface area contributed by atoms with Crippen LogP contribution in [0.1, 0.15) is 12.5 Å². The monoisotopic (exact) mass is 262 g/mol. The van der Waals surface area contributed by atoms with Gasteiger partial charge in [0.15, 0.2) is 24.3 Å². The second kappa shape index (κ2) is 4.18. The summed E-state index contributed by atoms with van der Waals surface area (Å²) in [6.45, 7) is 2.83. The molecule has 0 radical (unpaired) electrons. The molecule has 0 amide bonds. The lowest BCUT2D eigenvalue weighted by atomic mass is 10.2. The summed E-state index contributed by atoms with van der Waals surface area (Å²) in [6, 6.07) is 6.35. The predicted molar refractivity (Wildman–Crippen MR) is 62.7 cm³/mol. The van der Waals surface area contributed by atoms with Crippen LogP contribution in [0.2, 0.25) is 0 Å². The summed E-state index contributed by atoms with van der Waals surface area (Å²) in [5, 5.41) is 0. The lowest BCUT2D eigenvalue weighted by molar-refractivity contribution is 0.580. The van der Waals surface area contributed by atoms with Gasteiger partial charge in [-0.15, -0.1) is 0 Å². The lowest BCUT2D eigenvalue weighted by Crippen LogP contribution is -2.27. The summed E-state index contributed by atoms with van der Waals surface area (Å²) in [5.41, 5.74) is 0.554. The van der Waals surface area contributed by atoms with Crippen LogP contribution in [0, 0.1) is 6.92 Å². The van der Waals surface area contributed by atoms with Crippen molar-refractivity contribution in [2.45, 2.75) is 23.3 Å². The quantitative estimate of drug-likeness (QED) is 0.819. The molecule has 0 N–H and O–H groups in total. The Hall–Kier alpha value is -0.880. The van der Waals surface area contributed by atoms with Crippen LogP contribution in [-0.2, 0) is 19.7 Å². The zero-order valence-electron chi connectivity index (χ0n) is 9.34. The van der Waals surface area contributed by atoms with Crippen molar-refractivity contribution in [2.24, 2.45) is 0 Å². The van der Waals surface area contributed by atoms with Crippen LogP contribution in [0.3, 0.4) is 0 Å². The number of hydrogen-bond acceptors (Lipinski definition) is 4. The van der Waals surface area contributed by atoms with Gasteiger partial charge in [-0.1, -0.05) is 18.2 Å². The van der Waals surface area contributed by atoms with Crippen LogP contribution in [0.5, 0.6) is 0 Å². The van der Waals surface area contributed by atoms with Gasteiger partial charge in [0.25, 0.3) is 0 Å². The summed E-state index contributed by atoms with van der Waals surface area (Å²) in [5.74, 6) is 0. The minimum absolute atomic E-state index is 0.0768. The molecule has 0 aliphatic rings. The third-order valence-electron chi connectivity index (χ3n) is 2.44. The number of aryl methyl sites for hydroxylation is 1. The number of benzene rings is 1. The Morgan fingerprint density at radius 2 is 1.56 bits per heavy atom. The standard InChI is InChI=1S/C10H14O4S2/c1-8-6-4-5-7-10(8)16(13,14)9(2)15(3,11)12/h4-7,9H,1-3H3. The van der Waals surface area contributed by atoms with Crippen molar-refractivity contribution in [1.82, 2.24) is 0 Å². The molecular weight excluding hydrogens is 248 g/mol. The van der Waals surface area contributed by atoms with Crippen LogP contribution >= 0.6 is 0 Å². The van der Waals surface area contributed by atoms with E-state index < -0.39 is 24.3 Å². The topological polar surface area (TPSA) is 68.3 Å². The van der Waals surface area contributed by atoms with E-state index in [0.29, 0.717) is 5.56 Å². The van der Waals surface area contributed by atoms with Gasteiger partial charge in [-0.2, -0.15) is 0 Å². The normalized spacial score (nSPS) is 14.7. The molecule has 1 aromatic rings. The van der Waals surface area contributed by atoms with Gasteiger partial charge in [0.2, 0.25) is 0 Å². The molecule has 0 spiro atoms. The molecule has 0 bridgehead atoms. The largest absolute Gasteiger partial charge is 0.228 e. The van der Waals surface area contributed by atoms with Gasteiger partial charge in [-0.05, 0) is 25.5 Å². The molecule has 0 saturated heterocycles. The molecular formula is C10H14O4S2. The van der Waals surface area contributed by atoms with E-state index >= 15 is 0 Å². The van der Waals surface area contributed by atoms with Crippen LogP contribution in [-0.4, -0.2) is 27.7 Å². The van der Waals surface area contributed by atoms with Gasteiger partial charge in [0.1, 0.15) is 0 Å².